The van der Waals surface area contributed by atoms with Crippen molar-refractivity contribution in [2.24, 2.45) is 5.41 Å². The van der Waals surface area contributed by atoms with E-state index in [0.29, 0.717) is 19.8 Å². The molecule has 1 aliphatic heterocycles. The zero-order valence-corrected chi connectivity index (χ0v) is 11.3. The summed E-state index contributed by atoms with van der Waals surface area (Å²) >= 11 is 0. The number of hydrogen-bond donors (Lipinski definition) is 0. The fourth-order valence-corrected chi connectivity index (χ4v) is 2.51. The van der Waals surface area contributed by atoms with Gasteiger partial charge >= 0.3 is 0 Å². The molecule has 0 aliphatic carbocycles. The van der Waals surface area contributed by atoms with E-state index in [1.54, 1.807) is 12.1 Å². The maximum atomic E-state index is 13.0. The van der Waals surface area contributed by atoms with E-state index in [1.165, 1.54) is 12.1 Å². The highest BCUT2D eigenvalue weighted by atomic mass is 19.1. The zero-order valence-electron chi connectivity index (χ0n) is 11.3. The van der Waals surface area contributed by atoms with Crippen molar-refractivity contribution >= 4 is 12.0 Å². The number of benzene rings is 1. The number of hydrogen-bond acceptors (Lipinski definition) is 3. The number of anilines is 1. The van der Waals surface area contributed by atoms with Crippen LogP contribution in [-0.4, -0.2) is 32.6 Å². The van der Waals surface area contributed by atoms with Gasteiger partial charge in [-0.2, -0.15) is 0 Å². The quantitative estimate of drug-likeness (QED) is 0.767. The topological polar surface area (TPSA) is 29.5 Å². The number of ether oxygens (including phenoxy) is 1. The van der Waals surface area contributed by atoms with Crippen LogP contribution in [0.5, 0.6) is 0 Å². The molecule has 1 aromatic rings. The number of rotatable bonds is 5. The van der Waals surface area contributed by atoms with E-state index in [-0.39, 0.29) is 11.2 Å². The second-order valence-electron chi connectivity index (χ2n) is 5.08. The van der Waals surface area contributed by atoms with E-state index in [4.69, 9.17) is 4.74 Å². The lowest BCUT2D eigenvalue weighted by molar-refractivity contribution is -0.120. The van der Waals surface area contributed by atoms with Crippen LogP contribution in [0.15, 0.2) is 24.3 Å². The van der Waals surface area contributed by atoms with E-state index in [0.717, 1.165) is 31.4 Å². The van der Waals surface area contributed by atoms with Gasteiger partial charge in [0, 0.05) is 37.4 Å². The molecule has 0 spiro atoms. The minimum atomic E-state index is -0.331. The Labute approximate surface area is 113 Å². The largest absolute Gasteiger partial charge is 0.381 e. The van der Waals surface area contributed by atoms with Crippen molar-refractivity contribution in [3.63, 3.8) is 0 Å². The van der Waals surface area contributed by atoms with Crippen molar-refractivity contribution in [2.75, 3.05) is 31.2 Å². The first-order chi connectivity index (χ1) is 9.19. The lowest BCUT2D eigenvalue weighted by Gasteiger charge is -2.37. The first-order valence-electron chi connectivity index (χ1n) is 6.74. The lowest BCUT2D eigenvalue weighted by atomic mass is 9.81. The van der Waals surface area contributed by atoms with E-state index in [9.17, 15) is 9.18 Å². The van der Waals surface area contributed by atoms with Gasteiger partial charge in [0.25, 0.3) is 0 Å². The Morgan fingerprint density at radius 2 is 1.95 bits per heavy atom. The van der Waals surface area contributed by atoms with Crippen LogP contribution in [0.4, 0.5) is 10.1 Å². The molecule has 2 rings (SSSR count). The third-order valence-electron chi connectivity index (χ3n) is 3.82. The van der Waals surface area contributed by atoms with Crippen molar-refractivity contribution in [2.45, 2.75) is 19.8 Å². The van der Waals surface area contributed by atoms with Gasteiger partial charge in [0.1, 0.15) is 12.1 Å². The molecule has 0 radical (unpaired) electrons. The fraction of sp³-hybridized carbons (Fsp3) is 0.533. The number of halogens is 1. The average Bonchev–Trinajstić information content (AvgIpc) is 2.47. The Morgan fingerprint density at radius 3 is 2.47 bits per heavy atom. The first-order valence-corrected chi connectivity index (χ1v) is 6.74. The summed E-state index contributed by atoms with van der Waals surface area (Å²) in [5.74, 6) is -0.240. The molecule has 0 unspecified atom stereocenters. The predicted molar refractivity (Wildman–Crippen MR) is 72.8 cm³/mol. The Bertz CT molecular complexity index is 413. The van der Waals surface area contributed by atoms with Crippen LogP contribution in [0.2, 0.25) is 0 Å². The predicted octanol–water partition coefficient (Wildman–Crippen LogP) is 2.65. The molecule has 1 heterocycles. The highest BCUT2D eigenvalue weighted by molar-refractivity contribution is 5.62. The molecule has 4 heteroatoms. The van der Waals surface area contributed by atoms with E-state index in [2.05, 4.69) is 4.90 Å². The van der Waals surface area contributed by atoms with Gasteiger partial charge in [-0.3, -0.25) is 0 Å². The van der Waals surface area contributed by atoms with E-state index in [1.807, 2.05) is 6.92 Å². The normalized spacial score (nSPS) is 18.0. The van der Waals surface area contributed by atoms with Crippen LogP contribution in [0.25, 0.3) is 0 Å². The second kappa shape index (κ2) is 6.15. The molecule has 0 saturated carbocycles. The fourth-order valence-electron chi connectivity index (χ4n) is 2.51. The lowest BCUT2D eigenvalue weighted by Crippen LogP contribution is -2.42. The number of carbonyl (C=O) groups is 1. The molecular formula is C15H20FNO2. The number of carbonyl (C=O) groups excluding carboxylic acids is 1. The maximum Gasteiger partial charge on any atom is 0.128 e. The Hall–Kier alpha value is -1.42. The summed E-state index contributed by atoms with van der Waals surface area (Å²) in [5, 5.41) is 0. The van der Waals surface area contributed by atoms with Gasteiger partial charge in [-0.25, -0.2) is 4.39 Å². The molecule has 19 heavy (non-hydrogen) atoms. The van der Waals surface area contributed by atoms with Gasteiger partial charge < -0.3 is 14.4 Å². The molecule has 3 nitrogen and oxygen atoms in total. The SMILES string of the molecule is CCN(CC1(C=O)CCOCC1)c1ccc(F)cc1. The summed E-state index contributed by atoms with van der Waals surface area (Å²) in [6.07, 6.45) is 2.59. The van der Waals surface area contributed by atoms with Gasteiger partial charge in [-0.15, -0.1) is 0 Å². The molecule has 104 valence electrons. The summed E-state index contributed by atoms with van der Waals surface area (Å²) in [7, 11) is 0. The molecule has 1 fully saturated rings. The van der Waals surface area contributed by atoms with Gasteiger partial charge in [0.05, 0.1) is 0 Å². The minimum Gasteiger partial charge on any atom is -0.381 e. The molecule has 0 amide bonds. The highest BCUT2D eigenvalue weighted by Crippen LogP contribution is 2.31. The van der Waals surface area contributed by atoms with Gasteiger partial charge in [0.15, 0.2) is 0 Å². The second-order valence-corrected chi connectivity index (χ2v) is 5.08. The van der Waals surface area contributed by atoms with Crippen LogP contribution < -0.4 is 4.90 Å². The van der Waals surface area contributed by atoms with E-state index >= 15 is 0 Å². The number of aldehydes is 1. The van der Waals surface area contributed by atoms with E-state index < -0.39 is 0 Å². The van der Waals surface area contributed by atoms with Crippen molar-refractivity contribution in [1.29, 1.82) is 0 Å². The zero-order chi connectivity index (χ0) is 13.7. The first kappa shape index (κ1) is 14.0. The third-order valence-corrected chi connectivity index (χ3v) is 3.82. The molecule has 1 aliphatic rings. The van der Waals surface area contributed by atoms with Crippen LogP contribution in [0.3, 0.4) is 0 Å². The molecule has 0 aromatic heterocycles. The van der Waals surface area contributed by atoms with Crippen molar-refractivity contribution in [3.05, 3.63) is 30.1 Å². The summed E-state index contributed by atoms with van der Waals surface area (Å²) in [6.45, 7) is 4.78. The van der Waals surface area contributed by atoms with Gasteiger partial charge in [0.2, 0.25) is 0 Å². The van der Waals surface area contributed by atoms with Gasteiger partial charge in [-0.05, 0) is 44.0 Å². The van der Waals surface area contributed by atoms with Gasteiger partial charge in [-0.1, -0.05) is 0 Å². The van der Waals surface area contributed by atoms with Crippen LogP contribution in [0.1, 0.15) is 19.8 Å². The monoisotopic (exact) mass is 265 g/mol. The smallest absolute Gasteiger partial charge is 0.128 e. The standard InChI is InChI=1S/C15H20FNO2/c1-2-17(14-5-3-13(16)4-6-14)11-15(12-18)7-9-19-10-8-15/h3-6,12H,2,7-11H2,1H3. The highest BCUT2D eigenvalue weighted by Gasteiger charge is 2.34. The number of nitrogens with zero attached hydrogens (tertiary/aromatic N) is 1. The summed E-state index contributed by atoms with van der Waals surface area (Å²) in [4.78, 5) is 13.6. The molecule has 0 bridgehead atoms. The van der Waals surface area contributed by atoms with Crippen molar-refractivity contribution in [1.82, 2.24) is 0 Å². The third kappa shape index (κ3) is 3.32. The summed E-state index contributed by atoms with van der Waals surface area (Å²) < 4.78 is 18.3. The Balaban J connectivity index is 2.13. The summed E-state index contributed by atoms with van der Waals surface area (Å²) in [5.41, 5.74) is 0.624. The van der Waals surface area contributed by atoms with Crippen molar-refractivity contribution < 1.29 is 13.9 Å². The minimum absolute atomic E-state index is 0.240. The Morgan fingerprint density at radius 1 is 1.32 bits per heavy atom. The molecule has 0 atom stereocenters. The van der Waals surface area contributed by atoms with Crippen LogP contribution >= 0.6 is 0 Å². The summed E-state index contributed by atoms with van der Waals surface area (Å²) in [6, 6.07) is 6.43. The average molecular weight is 265 g/mol. The van der Waals surface area contributed by atoms with Crippen LogP contribution in [0, 0.1) is 11.2 Å². The molecule has 0 N–H and O–H groups in total. The molecule has 1 saturated heterocycles. The maximum absolute atomic E-state index is 13.0. The Kier molecular flexibility index (Phi) is 4.53. The molecule has 1 aromatic carbocycles. The molecular weight excluding hydrogens is 245 g/mol. The van der Waals surface area contributed by atoms with Crippen molar-refractivity contribution in [3.8, 4) is 0 Å². The van der Waals surface area contributed by atoms with Crippen LogP contribution in [-0.2, 0) is 9.53 Å².